The van der Waals surface area contributed by atoms with Crippen LogP contribution in [0.2, 0.25) is 0 Å². The Morgan fingerprint density at radius 1 is 1.35 bits per heavy atom. The Morgan fingerprint density at radius 3 is 2.52 bits per heavy atom. The van der Waals surface area contributed by atoms with Gasteiger partial charge >= 0.3 is 0 Å². The molecule has 134 valence electrons. The van der Waals surface area contributed by atoms with Gasteiger partial charge in [0, 0.05) is 30.4 Å². The highest BCUT2D eigenvalue weighted by Gasteiger charge is 2.30. The molecule has 3 unspecified atom stereocenters. The third-order valence-electron chi connectivity index (χ3n) is 4.39. The minimum absolute atomic E-state index is 0. The van der Waals surface area contributed by atoms with E-state index in [4.69, 9.17) is 10.7 Å². The van der Waals surface area contributed by atoms with Crippen LogP contribution in [0.15, 0.2) is 5.38 Å². The fraction of sp³-hybridized carbons (Fsp3) is 0.750. The van der Waals surface area contributed by atoms with Gasteiger partial charge in [0.05, 0.1) is 16.6 Å². The zero-order chi connectivity index (χ0) is 15.6. The third-order valence-corrected chi connectivity index (χ3v) is 5.42. The molecule has 2 rings (SSSR count). The maximum absolute atomic E-state index is 12.5. The first-order valence-corrected chi connectivity index (χ1v) is 8.77. The average Bonchev–Trinajstić information content (AvgIpc) is 2.95. The van der Waals surface area contributed by atoms with Crippen molar-refractivity contribution >= 4 is 42.1 Å². The summed E-state index contributed by atoms with van der Waals surface area (Å²) in [6.07, 6.45) is 2.18. The van der Waals surface area contributed by atoms with Crippen LogP contribution >= 0.6 is 36.2 Å². The predicted octanol–water partition coefficient (Wildman–Crippen LogP) is 3.80. The number of nitrogens with two attached hydrogens (primary N) is 1. The summed E-state index contributed by atoms with van der Waals surface area (Å²) >= 11 is 1.74. The number of rotatable bonds is 4. The molecule has 0 spiro atoms. The molecular formula is C16H29Cl2N3OS. The first kappa shape index (κ1) is 22.6. The van der Waals surface area contributed by atoms with Crippen molar-refractivity contribution in [2.45, 2.75) is 58.4 Å². The van der Waals surface area contributed by atoms with Gasteiger partial charge in [-0.05, 0) is 25.7 Å². The van der Waals surface area contributed by atoms with Crippen LogP contribution in [0.25, 0.3) is 0 Å². The van der Waals surface area contributed by atoms with Gasteiger partial charge in [-0.25, -0.2) is 4.98 Å². The zero-order valence-electron chi connectivity index (χ0n) is 14.3. The van der Waals surface area contributed by atoms with Gasteiger partial charge in [0.1, 0.15) is 0 Å². The van der Waals surface area contributed by atoms with E-state index in [1.54, 1.807) is 11.3 Å². The highest BCUT2D eigenvalue weighted by atomic mass is 35.5. The first-order valence-electron chi connectivity index (χ1n) is 7.89. The van der Waals surface area contributed by atoms with E-state index in [0.29, 0.717) is 11.8 Å². The van der Waals surface area contributed by atoms with Gasteiger partial charge in [-0.15, -0.1) is 36.2 Å². The van der Waals surface area contributed by atoms with Crippen molar-refractivity contribution in [2.24, 2.45) is 11.7 Å². The van der Waals surface area contributed by atoms with Crippen LogP contribution in [0, 0.1) is 5.92 Å². The lowest BCUT2D eigenvalue weighted by Gasteiger charge is -2.34. The lowest BCUT2D eigenvalue weighted by molar-refractivity contribution is -0.136. The number of nitrogens with zero attached hydrogens (tertiary/aromatic N) is 2. The molecule has 0 radical (unpaired) electrons. The van der Waals surface area contributed by atoms with E-state index in [1.807, 2.05) is 18.7 Å². The molecule has 0 aliphatic carbocycles. The van der Waals surface area contributed by atoms with Crippen molar-refractivity contribution in [3.63, 3.8) is 0 Å². The molecule has 1 aliphatic heterocycles. The van der Waals surface area contributed by atoms with Crippen molar-refractivity contribution < 1.29 is 4.79 Å². The minimum atomic E-state index is -0.105. The van der Waals surface area contributed by atoms with Gasteiger partial charge in [0.2, 0.25) is 5.91 Å². The molecule has 2 N–H and O–H groups in total. The molecule has 23 heavy (non-hydrogen) atoms. The number of aromatic nitrogens is 1. The third kappa shape index (κ3) is 5.59. The lowest BCUT2D eigenvalue weighted by Crippen LogP contribution is -2.45. The maximum atomic E-state index is 12.5. The summed E-state index contributed by atoms with van der Waals surface area (Å²) in [5, 5.41) is 3.34. The van der Waals surface area contributed by atoms with Crippen LogP contribution in [-0.2, 0) is 4.79 Å². The summed E-state index contributed by atoms with van der Waals surface area (Å²) in [6, 6.07) is -0.0923. The fourth-order valence-corrected chi connectivity index (χ4v) is 3.75. The van der Waals surface area contributed by atoms with Crippen LogP contribution in [0.5, 0.6) is 0 Å². The predicted molar refractivity (Wildman–Crippen MR) is 102 cm³/mol. The molecule has 0 aromatic carbocycles. The van der Waals surface area contributed by atoms with E-state index in [2.05, 4.69) is 19.2 Å². The van der Waals surface area contributed by atoms with Crippen molar-refractivity contribution in [1.29, 1.82) is 0 Å². The molecule has 7 heteroatoms. The molecule has 0 bridgehead atoms. The Morgan fingerprint density at radius 2 is 2.00 bits per heavy atom. The summed E-state index contributed by atoms with van der Waals surface area (Å²) in [5.74, 6) is 0.941. The minimum Gasteiger partial charge on any atom is -0.342 e. The highest BCUT2D eigenvalue weighted by Crippen LogP contribution is 2.31. The van der Waals surface area contributed by atoms with E-state index >= 15 is 0 Å². The quantitative estimate of drug-likeness (QED) is 0.862. The highest BCUT2D eigenvalue weighted by molar-refractivity contribution is 7.09. The van der Waals surface area contributed by atoms with E-state index < -0.39 is 0 Å². The summed E-state index contributed by atoms with van der Waals surface area (Å²) in [7, 11) is 0. The smallest absolute Gasteiger partial charge is 0.226 e. The summed E-state index contributed by atoms with van der Waals surface area (Å²) in [6.45, 7) is 9.81. The number of piperidine rings is 1. The van der Waals surface area contributed by atoms with Crippen molar-refractivity contribution in [2.75, 3.05) is 13.1 Å². The number of carbonyl (C=O) groups excluding carboxylic acids is 1. The number of thiazole rings is 1. The van der Waals surface area contributed by atoms with Gasteiger partial charge in [0.15, 0.2) is 0 Å². The molecule has 1 saturated heterocycles. The van der Waals surface area contributed by atoms with Crippen LogP contribution in [0.3, 0.4) is 0 Å². The second-order valence-corrected chi connectivity index (χ2v) is 7.43. The van der Waals surface area contributed by atoms with Gasteiger partial charge in [0.25, 0.3) is 0 Å². The Bertz CT molecular complexity index is 493. The number of halogens is 2. The number of hydrogen-bond acceptors (Lipinski definition) is 4. The Hall–Kier alpha value is -0.360. The van der Waals surface area contributed by atoms with Gasteiger partial charge in [-0.2, -0.15) is 0 Å². The number of amides is 1. The first-order chi connectivity index (χ1) is 9.90. The van der Waals surface area contributed by atoms with Crippen molar-refractivity contribution in [3.05, 3.63) is 16.1 Å². The van der Waals surface area contributed by atoms with Gasteiger partial charge in [-0.3, -0.25) is 4.79 Å². The Kier molecular flexibility index (Phi) is 9.67. The molecule has 1 aromatic rings. The largest absolute Gasteiger partial charge is 0.342 e. The molecule has 1 aliphatic rings. The van der Waals surface area contributed by atoms with E-state index in [0.717, 1.165) is 25.9 Å². The van der Waals surface area contributed by atoms with E-state index in [9.17, 15) is 4.79 Å². The number of hydrogen-bond donors (Lipinski definition) is 1. The van der Waals surface area contributed by atoms with Gasteiger partial charge in [-0.1, -0.05) is 20.8 Å². The SMILES string of the molecule is CC(C)c1csc(C2CCCN(C(=O)C(C)C(C)N)C2)n1.Cl.Cl. The second-order valence-electron chi connectivity index (χ2n) is 6.54. The molecule has 0 saturated carbocycles. The number of likely N-dealkylation sites (tertiary alicyclic amines) is 1. The zero-order valence-corrected chi connectivity index (χ0v) is 16.8. The van der Waals surface area contributed by atoms with E-state index in [-0.39, 0.29) is 42.7 Å². The van der Waals surface area contributed by atoms with Crippen LogP contribution < -0.4 is 5.73 Å². The fourth-order valence-electron chi connectivity index (χ4n) is 2.65. The summed E-state index contributed by atoms with van der Waals surface area (Å²) in [5.41, 5.74) is 7.04. The number of carbonyl (C=O) groups is 1. The molecule has 1 aromatic heterocycles. The van der Waals surface area contributed by atoms with Gasteiger partial charge < -0.3 is 10.6 Å². The topological polar surface area (TPSA) is 59.2 Å². The Balaban J connectivity index is 0.00000242. The molecule has 2 heterocycles. The molecular weight excluding hydrogens is 353 g/mol. The normalized spacial score (nSPS) is 20.4. The monoisotopic (exact) mass is 381 g/mol. The Labute approximate surface area is 156 Å². The van der Waals surface area contributed by atoms with E-state index in [1.165, 1.54) is 10.7 Å². The average molecular weight is 382 g/mol. The van der Waals surface area contributed by atoms with Crippen molar-refractivity contribution in [3.8, 4) is 0 Å². The van der Waals surface area contributed by atoms with Crippen LogP contribution in [0.1, 0.15) is 63.1 Å². The summed E-state index contributed by atoms with van der Waals surface area (Å²) in [4.78, 5) is 19.2. The van der Waals surface area contributed by atoms with Crippen LogP contribution in [-0.4, -0.2) is 34.9 Å². The van der Waals surface area contributed by atoms with Crippen LogP contribution in [0.4, 0.5) is 0 Å². The second kappa shape index (κ2) is 9.82. The maximum Gasteiger partial charge on any atom is 0.226 e. The standard InChI is InChI=1S/C16H27N3OS.2ClH/c1-10(2)14-9-21-15(18-14)13-6-5-7-19(8-13)16(20)11(3)12(4)17;;/h9-13H,5-8,17H2,1-4H3;2*1H. The molecule has 1 amide bonds. The van der Waals surface area contributed by atoms with Crippen molar-refractivity contribution in [1.82, 2.24) is 9.88 Å². The molecule has 4 nitrogen and oxygen atoms in total. The summed E-state index contributed by atoms with van der Waals surface area (Å²) < 4.78 is 0. The molecule has 1 fully saturated rings. The molecule has 3 atom stereocenters. The lowest BCUT2D eigenvalue weighted by atomic mass is 9.95.